The molecule has 1 atom stereocenters. The van der Waals surface area contributed by atoms with Crippen LogP contribution in [-0.2, 0) is 11.0 Å². The molecule has 2 heterocycles. The van der Waals surface area contributed by atoms with Crippen LogP contribution < -0.4 is 15.5 Å². The van der Waals surface area contributed by atoms with Crippen molar-refractivity contribution in [2.75, 3.05) is 36.4 Å². The number of amides is 3. The van der Waals surface area contributed by atoms with E-state index >= 15 is 0 Å². The number of urea groups is 1. The van der Waals surface area contributed by atoms with Gasteiger partial charge in [0.1, 0.15) is 11.9 Å². The summed E-state index contributed by atoms with van der Waals surface area (Å²) in [6.45, 7) is 5.34. The van der Waals surface area contributed by atoms with Crippen LogP contribution in [0.4, 0.5) is 29.5 Å². The number of rotatable bonds is 5. The molecule has 0 aliphatic carbocycles. The number of halogens is 3. The zero-order valence-electron chi connectivity index (χ0n) is 17.9. The first kappa shape index (κ1) is 23.4. The summed E-state index contributed by atoms with van der Waals surface area (Å²) in [6.07, 6.45) is -3.61. The summed E-state index contributed by atoms with van der Waals surface area (Å²) in [6, 6.07) is 10.1. The lowest BCUT2D eigenvalue weighted by atomic mass is 10.0. The van der Waals surface area contributed by atoms with Crippen LogP contribution >= 0.6 is 0 Å². The maximum atomic E-state index is 13.1. The number of carbonyl (C=O) groups is 2. The molecule has 10 heteroatoms. The maximum absolute atomic E-state index is 13.1. The average molecular weight is 449 g/mol. The number of anilines is 2. The second kappa shape index (κ2) is 9.88. The Hall–Kier alpha value is -3.30. The van der Waals surface area contributed by atoms with Crippen molar-refractivity contribution in [3.63, 3.8) is 0 Å². The smallest absolute Gasteiger partial charge is 0.353 e. The van der Waals surface area contributed by atoms with Crippen molar-refractivity contribution in [2.45, 2.75) is 26.1 Å². The number of piperazine rings is 1. The number of benzene rings is 1. The van der Waals surface area contributed by atoms with Crippen molar-refractivity contribution in [1.29, 1.82) is 0 Å². The van der Waals surface area contributed by atoms with E-state index in [1.165, 1.54) is 6.07 Å². The first-order valence-corrected chi connectivity index (χ1v) is 10.3. The van der Waals surface area contributed by atoms with E-state index in [1.54, 1.807) is 29.2 Å². The largest absolute Gasteiger partial charge is 0.417 e. The Morgan fingerprint density at radius 1 is 1.00 bits per heavy atom. The Kier molecular flexibility index (Phi) is 7.22. The summed E-state index contributed by atoms with van der Waals surface area (Å²) >= 11 is 0. The van der Waals surface area contributed by atoms with E-state index in [0.717, 1.165) is 12.3 Å². The summed E-state index contributed by atoms with van der Waals surface area (Å²) in [5.41, 5.74) is -0.174. The molecule has 3 rings (SSSR count). The molecule has 2 aromatic rings. The number of para-hydroxylation sites is 1. The van der Waals surface area contributed by atoms with Gasteiger partial charge < -0.3 is 20.4 Å². The van der Waals surface area contributed by atoms with Crippen LogP contribution in [0.15, 0.2) is 48.7 Å². The molecule has 0 radical (unpaired) electrons. The molecule has 1 aromatic carbocycles. The predicted molar refractivity (Wildman–Crippen MR) is 115 cm³/mol. The Labute approximate surface area is 184 Å². The highest BCUT2D eigenvalue weighted by molar-refractivity contribution is 5.93. The van der Waals surface area contributed by atoms with Gasteiger partial charge in [0, 0.05) is 38.1 Å². The molecule has 2 N–H and O–H groups in total. The minimum atomic E-state index is -4.43. The lowest BCUT2D eigenvalue weighted by Crippen LogP contribution is -2.57. The molecule has 3 amide bonds. The highest BCUT2D eigenvalue weighted by Crippen LogP contribution is 2.29. The molecule has 0 spiro atoms. The van der Waals surface area contributed by atoms with Crippen LogP contribution in [0.5, 0.6) is 0 Å². The second-order valence-corrected chi connectivity index (χ2v) is 7.90. The van der Waals surface area contributed by atoms with Crippen LogP contribution in [0.25, 0.3) is 0 Å². The number of carbonyl (C=O) groups excluding carboxylic acids is 2. The molecular formula is C22H26F3N5O2. The summed E-state index contributed by atoms with van der Waals surface area (Å²) in [4.78, 5) is 32.8. The molecule has 7 nitrogen and oxygen atoms in total. The number of hydrogen-bond acceptors (Lipinski definition) is 4. The highest BCUT2D eigenvalue weighted by Gasteiger charge is 2.32. The fourth-order valence-corrected chi connectivity index (χ4v) is 3.44. The van der Waals surface area contributed by atoms with Gasteiger partial charge in [0.2, 0.25) is 5.91 Å². The van der Waals surface area contributed by atoms with E-state index < -0.39 is 23.8 Å². The van der Waals surface area contributed by atoms with Gasteiger partial charge in [-0.05, 0) is 30.2 Å². The number of nitrogens with zero attached hydrogens (tertiary/aromatic N) is 3. The lowest BCUT2D eigenvalue weighted by Gasteiger charge is -2.37. The molecule has 0 bridgehead atoms. The molecule has 1 aromatic heterocycles. The van der Waals surface area contributed by atoms with Crippen LogP contribution in [0.2, 0.25) is 0 Å². The number of hydrogen-bond donors (Lipinski definition) is 2. The van der Waals surface area contributed by atoms with E-state index in [-0.39, 0.29) is 11.8 Å². The van der Waals surface area contributed by atoms with E-state index in [0.29, 0.717) is 37.7 Å². The van der Waals surface area contributed by atoms with Crippen molar-refractivity contribution in [3.05, 3.63) is 54.2 Å². The summed E-state index contributed by atoms with van der Waals surface area (Å²) in [5, 5.41) is 5.46. The molecule has 1 aliphatic heterocycles. The first-order valence-electron chi connectivity index (χ1n) is 10.3. The molecule has 0 unspecified atom stereocenters. The van der Waals surface area contributed by atoms with Crippen molar-refractivity contribution in [1.82, 2.24) is 15.2 Å². The summed E-state index contributed by atoms with van der Waals surface area (Å²) < 4.78 is 38.2. The van der Waals surface area contributed by atoms with Gasteiger partial charge >= 0.3 is 12.2 Å². The fourth-order valence-electron chi connectivity index (χ4n) is 3.44. The van der Waals surface area contributed by atoms with Gasteiger partial charge in [0.05, 0.1) is 5.56 Å². The van der Waals surface area contributed by atoms with Gasteiger partial charge in [-0.2, -0.15) is 13.2 Å². The number of aromatic nitrogens is 1. The molecule has 1 aliphatic rings. The van der Waals surface area contributed by atoms with Gasteiger partial charge in [-0.15, -0.1) is 0 Å². The van der Waals surface area contributed by atoms with Crippen molar-refractivity contribution >= 4 is 23.4 Å². The maximum Gasteiger partial charge on any atom is 0.417 e. The highest BCUT2D eigenvalue weighted by atomic mass is 19.4. The Balaban J connectivity index is 1.57. The van der Waals surface area contributed by atoms with Gasteiger partial charge in [-0.1, -0.05) is 32.0 Å². The number of alkyl halides is 3. The third-order valence-corrected chi connectivity index (χ3v) is 5.24. The van der Waals surface area contributed by atoms with Crippen LogP contribution in [0, 0.1) is 5.92 Å². The Morgan fingerprint density at radius 3 is 2.19 bits per heavy atom. The third-order valence-electron chi connectivity index (χ3n) is 5.24. The third kappa shape index (κ3) is 5.89. The van der Waals surface area contributed by atoms with Crippen LogP contribution in [0.1, 0.15) is 19.4 Å². The minimum Gasteiger partial charge on any atom is -0.353 e. The van der Waals surface area contributed by atoms with Gasteiger partial charge in [-0.25, -0.2) is 9.78 Å². The lowest BCUT2D eigenvalue weighted by molar-refractivity contribution is -0.138. The Morgan fingerprint density at radius 2 is 1.66 bits per heavy atom. The monoisotopic (exact) mass is 449 g/mol. The van der Waals surface area contributed by atoms with E-state index in [1.807, 2.05) is 24.8 Å². The fraction of sp³-hybridized carbons (Fsp3) is 0.409. The molecule has 1 saturated heterocycles. The minimum absolute atomic E-state index is 0.126. The van der Waals surface area contributed by atoms with Crippen LogP contribution in [0.3, 0.4) is 0 Å². The normalized spacial score (nSPS) is 15.4. The van der Waals surface area contributed by atoms with Gasteiger partial charge in [-0.3, -0.25) is 4.79 Å². The molecule has 32 heavy (non-hydrogen) atoms. The zero-order valence-corrected chi connectivity index (χ0v) is 17.9. The van der Waals surface area contributed by atoms with E-state index in [4.69, 9.17) is 0 Å². The van der Waals surface area contributed by atoms with E-state index in [9.17, 15) is 22.8 Å². The molecular weight excluding hydrogens is 423 g/mol. The summed E-state index contributed by atoms with van der Waals surface area (Å²) in [5.74, 6) is 0.118. The average Bonchev–Trinajstić information content (AvgIpc) is 2.77. The number of pyridine rings is 1. The van der Waals surface area contributed by atoms with Gasteiger partial charge in [0.15, 0.2) is 0 Å². The first-order chi connectivity index (χ1) is 15.1. The quantitative estimate of drug-likeness (QED) is 0.731. The standard InChI is InChI=1S/C22H26F3N5O2/c1-15(2)19(28-21(32)27-17-6-4-3-5-7-17)20(31)30-12-10-29(11-13-30)18-9-8-16(14-26-18)22(23,24)25/h3-9,14-15,19H,10-13H2,1-2H3,(H2,27,28,32)/t19-/m0/s1. The topological polar surface area (TPSA) is 77.6 Å². The molecule has 1 fully saturated rings. The van der Waals surface area contributed by atoms with Crippen molar-refractivity contribution < 1.29 is 22.8 Å². The molecule has 0 saturated carbocycles. The second-order valence-electron chi connectivity index (χ2n) is 7.90. The van der Waals surface area contributed by atoms with Crippen molar-refractivity contribution in [2.24, 2.45) is 5.92 Å². The zero-order chi connectivity index (χ0) is 23.3. The van der Waals surface area contributed by atoms with Crippen molar-refractivity contribution in [3.8, 4) is 0 Å². The predicted octanol–water partition coefficient (Wildman–Crippen LogP) is 3.60. The van der Waals surface area contributed by atoms with E-state index in [2.05, 4.69) is 15.6 Å². The Bertz CT molecular complexity index is 911. The summed E-state index contributed by atoms with van der Waals surface area (Å²) in [7, 11) is 0. The van der Waals surface area contributed by atoms with Gasteiger partial charge in [0.25, 0.3) is 0 Å². The van der Waals surface area contributed by atoms with Crippen LogP contribution in [-0.4, -0.2) is 54.0 Å². The number of nitrogens with one attached hydrogen (secondary N) is 2. The molecule has 172 valence electrons. The SMILES string of the molecule is CC(C)[C@H](NC(=O)Nc1ccccc1)C(=O)N1CCN(c2ccc(C(F)(F)F)cn2)CC1.